The number of halogens is 1. The third-order valence-corrected chi connectivity index (χ3v) is 6.60. The number of fused-ring (bicyclic) bond motifs is 2. The predicted octanol–water partition coefficient (Wildman–Crippen LogP) is 1.34. The van der Waals surface area contributed by atoms with E-state index in [1.54, 1.807) is 19.0 Å². The molecule has 4 fully saturated rings. The van der Waals surface area contributed by atoms with Crippen molar-refractivity contribution in [3.63, 3.8) is 0 Å². The van der Waals surface area contributed by atoms with Crippen LogP contribution >= 0.6 is 24.0 Å². The molecule has 4 rings (SSSR count). The van der Waals surface area contributed by atoms with Gasteiger partial charge in [0.25, 0.3) is 0 Å². The molecule has 1 amide bonds. The highest BCUT2D eigenvalue weighted by molar-refractivity contribution is 14.0. The van der Waals surface area contributed by atoms with E-state index in [0.717, 1.165) is 24.7 Å². The van der Waals surface area contributed by atoms with E-state index in [1.165, 1.54) is 25.7 Å². The first-order chi connectivity index (χ1) is 13.5. The Bertz CT molecular complexity index is 597. The van der Waals surface area contributed by atoms with Gasteiger partial charge in [-0.2, -0.15) is 0 Å². The Morgan fingerprint density at radius 3 is 2.66 bits per heavy atom. The largest absolute Gasteiger partial charge is 0.381 e. The standard InChI is InChI=1S/C20H34N4O4.HI/c1-24(2)18(25)12-22-19(23-17-10-14-3-4-15(17)9-14)21-11-16-13-27-20(28-16)5-7-26-8-6-20;/h14-17H,3-13H2,1-2H3,(H2,21,22,23);1H. The van der Waals surface area contributed by atoms with Crippen LogP contribution in [0.2, 0.25) is 0 Å². The van der Waals surface area contributed by atoms with E-state index >= 15 is 0 Å². The van der Waals surface area contributed by atoms with Gasteiger partial charge in [0.2, 0.25) is 5.91 Å². The molecule has 0 radical (unpaired) electrons. The zero-order chi connectivity index (χ0) is 19.6. The van der Waals surface area contributed by atoms with Crippen LogP contribution in [-0.2, 0) is 19.0 Å². The second-order valence-electron chi connectivity index (χ2n) is 8.83. The molecule has 4 atom stereocenters. The first-order valence-electron chi connectivity index (χ1n) is 10.7. The first-order valence-corrected chi connectivity index (χ1v) is 10.7. The van der Waals surface area contributed by atoms with Crippen molar-refractivity contribution < 1.29 is 19.0 Å². The lowest BCUT2D eigenvalue weighted by Crippen LogP contribution is -2.48. The molecule has 2 aliphatic carbocycles. The molecule has 166 valence electrons. The van der Waals surface area contributed by atoms with Crippen molar-refractivity contribution in [1.82, 2.24) is 15.5 Å². The van der Waals surface area contributed by atoms with Crippen molar-refractivity contribution >= 4 is 35.8 Å². The number of rotatable bonds is 5. The Labute approximate surface area is 190 Å². The molecule has 0 aromatic carbocycles. The molecular formula is C20H35IN4O4. The molecule has 0 aromatic rings. The Hall–Kier alpha value is -0.650. The lowest BCUT2D eigenvalue weighted by molar-refractivity contribution is -0.210. The number of ether oxygens (including phenoxy) is 3. The lowest BCUT2D eigenvalue weighted by Gasteiger charge is -2.31. The fourth-order valence-corrected chi connectivity index (χ4v) is 4.91. The highest BCUT2D eigenvalue weighted by Crippen LogP contribution is 2.44. The quantitative estimate of drug-likeness (QED) is 0.322. The molecule has 29 heavy (non-hydrogen) atoms. The topological polar surface area (TPSA) is 84.4 Å². The van der Waals surface area contributed by atoms with Crippen LogP contribution in [0.25, 0.3) is 0 Å². The van der Waals surface area contributed by atoms with Crippen LogP contribution in [-0.4, -0.2) is 81.7 Å². The van der Waals surface area contributed by atoms with Crippen molar-refractivity contribution in [2.24, 2.45) is 16.8 Å². The number of aliphatic imine (C=N–C) groups is 1. The SMILES string of the molecule is CN(C)C(=O)CN=C(NCC1COC2(CCOCC2)O1)NC1CC2CCC1C2.I. The first kappa shape index (κ1) is 23.0. The third kappa shape index (κ3) is 5.74. The number of hydrogen-bond donors (Lipinski definition) is 2. The number of likely N-dealkylation sites (N-methyl/N-ethyl adjacent to an activating group) is 1. The number of nitrogens with zero attached hydrogens (tertiary/aromatic N) is 2. The molecule has 2 heterocycles. The van der Waals surface area contributed by atoms with Gasteiger partial charge in [-0.25, -0.2) is 4.99 Å². The van der Waals surface area contributed by atoms with E-state index < -0.39 is 5.79 Å². The molecule has 2 saturated heterocycles. The maximum absolute atomic E-state index is 12.0. The highest BCUT2D eigenvalue weighted by Gasteiger charge is 2.43. The average Bonchev–Trinajstić information content (AvgIpc) is 3.40. The van der Waals surface area contributed by atoms with Crippen molar-refractivity contribution in [1.29, 1.82) is 0 Å². The van der Waals surface area contributed by atoms with Gasteiger partial charge in [-0.05, 0) is 31.1 Å². The second kappa shape index (κ2) is 10.1. The number of amides is 1. The maximum Gasteiger partial charge on any atom is 0.243 e. The van der Waals surface area contributed by atoms with Crippen molar-refractivity contribution in [2.45, 2.75) is 56.5 Å². The normalized spacial score (nSPS) is 32.8. The summed E-state index contributed by atoms with van der Waals surface area (Å²) in [6.07, 6.45) is 6.74. The Morgan fingerprint density at radius 2 is 2.00 bits per heavy atom. The van der Waals surface area contributed by atoms with E-state index in [1.807, 2.05) is 0 Å². The predicted molar refractivity (Wildman–Crippen MR) is 120 cm³/mol. The number of carbonyl (C=O) groups excluding carboxylic acids is 1. The minimum Gasteiger partial charge on any atom is -0.381 e. The van der Waals surface area contributed by atoms with Gasteiger partial charge in [0.1, 0.15) is 12.6 Å². The van der Waals surface area contributed by atoms with Gasteiger partial charge in [-0.1, -0.05) is 6.42 Å². The molecule has 2 N–H and O–H groups in total. The number of hydrogen-bond acceptors (Lipinski definition) is 5. The molecular weight excluding hydrogens is 487 g/mol. The molecule has 4 unspecified atom stereocenters. The minimum absolute atomic E-state index is 0. The highest BCUT2D eigenvalue weighted by atomic mass is 127. The van der Waals surface area contributed by atoms with Crippen molar-refractivity contribution in [3.05, 3.63) is 0 Å². The van der Waals surface area contributed by atoms with Crippen LogP contribution in [0, 0.1) is 11.8 Å². The van der Waals surface area contributed by atoms with Crippen molar-refractivity contribution in [2.75, 3.05) is 47.0 Å². The summed E-state index contributed by atoms with van der Waals surface area (Å²) in [6, 6.07) is 0.460. The summed E-state index contributed by atoms with van der Waals surface area (Å²) in [5.41, 5.74) is 0. The zero-order valence-electron chi connectivity index (χ0n) is 17.5. The molecule has 2 aliphatic heterocycles. The van der Waals surface area contributed by atoms with Gasteiger partial charge in [0.05, 0.1) is 19.8 Å². The number of carbonyl (C=O) groups is 1. The fourth-order valence-electron chi connectivity index (χ4n) is 4.91. The molecule has 8 nitrogen and oxygen atoms in total. The fraction of sp³-hybridized carbons (Fsp3) is 0.900. The van der Waals surface area contributed by atoms with E-state index in [9.17, 15) is 4.79 Å². The molecule has 0 aromatic heterocycles. The maximum atomic E-state index is 12.0. The number of nitrogens with one attached hydrogen (secondary N) is 2. The number of guanidine groups is 1. The van der Waals surface area contributed by atoms with Crippen molar-refractivity contribution in [3.8, 4) is 0 Å². The van der Waals surface area contributed by atoms with Crippen LogP contribution in [0.5, 0.6) is 0 Å². The van der Waals surface area contributed by atoms with Crippen LogP contribution < -0.4 is 10.6 Å². The third-order valence-electron chi connectivity index (χ3n) is 6.60. The molecule has 9 heteroatoms. The van der Waals surface area contributed by atoms with Gasteiger partial charge >= 0.3 is 0 Å². The summed E-state index contributed by atoms with van der Waals surface area (Å²) >= 11 is 0. The van der Waals surface area contributed by atoms with Gasteiger partial charge in [0, 0.05) is 39.5 Å². The minimum atomic E-state index is -0.471. The smallest absolute Gasteiger partial charge is 0.243 e. The summed E-state index contributed by atoms with van der Waals surface area (Å²) in [7, 11) is 3.51. The summed E-state index contributed by atoms with van der Waals surface area (Å²) in [4.78, 5) is 18.1. The lowest BCUT2D eigenvalue weighted by atomic mass is 9.95. The van der Waals surface area contributed by atoms with E-state index in [-0.39, 0.29) is 42.5 Å². The monoisotopic (exact) mass is 522 g/mol. The molecule has 4 aliphatic rings. The second-order valence-corrected chi connectivity index (χ2v) is 8.83. The Kier molecular flexibility index (Phi) is 8.02. The summed E-state index contributed by atoms with van der Waals surface area (Å²) in [5.74, 6) is 1.83. The van der Waals surface area contributed by atoms with Crippen LogP contribution in [0.15, 0.2) is 4.99 Å². The van der Waals surface area contributed by atoms with E-state index in [4.69, 9.17) is 14.2 Å². The van der Waals surface area contributed by atoms with Gasteiger partial charge in [-0.15, -0.1) is 24.0 Å². The summed E-state index contributed by atoms with van der Waals surface area (Å²) in [5, 5.41) is 6.98. The van der Waals surface area contributed by atoms with Gasteiger partial charge in [0.15, 0.2) is 11.7 Å². The van der Waals surface area contributed by atoms with E-state index in [2.05, 4.69) is 15.6 Å². The summed E-state index contributed by atoms with van der Waals surface area (Å²) in [6.45, 7) is 2.71. The molecule has 2 bridgehead atoms. The summed E-state index contributed by atoms with van der Waals surface area (Å²) < 4.78 is 17.6. The van der Waals surface area contributed by atoms with E-state index in [0.29, 0.717) is 38.4 Å². The molecule has 2 saturated carbocycles. The van der Waals surface area contributed by atoms with Gasteiger partial charge in [-0.3, -0.25) is 4.79 Å². The zero-order valence-corrected chi connectivity index (χ0v) is 19.9. The average molecular weight is 522 g/mol. The Balaban J connectivity index is 0.00000240. The molecule has 1 spiro atoms. The van der Waals surface area contributed by atoms with Gasteiger partial charge < -0.3 is 29.7 Å². The van der Waals surface area contributed by atoms with Crippen LogP contribution in [0.4, 0.5) is 0 Å². The van der Waals surface area contributed by atoms with Crippen LogP contribution in [0.1, 0.15) is 38.5 Å². The Morgan fingerprint density at radius 1 is 1.21 bits per heavy atom. The van der Waals surface area contributed by atoms with Crippen LogP contribution in [0.3, 0.4) is 0 Å².